The Labute approximate surface area is 150 Å². The molecule has 1 aliphatic heterocycles. The van der Waals surface area contributed by atoms with E-state index in [-0.39, 0.29) is 11.7 Å². The van der Waals surface area contributed by atoms with Gasteiger partial charge in [0.15, 0.2) is 5.69 Å². The smallest absolute Gasteiger partial charge is 0.326 e. The van der Waals surface area contributed by atoms with Crippen molar-refractivity contribution in [1.29, 1.82) is 0 Å². The molecule has 1 aromatic heterocycles. The molecule has 1 atom stereocenters. The third kappa shape index (κ3) is 2.77. The van der Waals surface area contributed by atoms with E-state index >= 15 is 0 Å². The number of nitrogens with zero attached hydrogens (tertiary/aromatic N) is 3. The summed E-state index contributed by atoms with van der Waals surface area (Å²) in [6, 6.07) is 5.21. The second-order valence-corrected chi connectivity index (χ2v) is 6.86. The molecule has 1 fully saturated rings. The quantitative estimate of drug-likeness (QED) is 0.916. The molecule has 0 spiro atoms. The Morgan fingerprint density at radius 1 is 1.12 bits per heavy atom. The van der Waals surface area contributed by atoms with E-state index in [2.05, 4.69) is 5.10 Å². The zero-order valence-electron chi connectivity index (χ0n) is 14.3. The lowest BCUT2D eigenvalue weighted by Crippen LogP contribution is -2.48. The van der Waals surface area contributed by atoms with Crippen molar-refractivity contribution in [3.63, 3.8) is 0 Å². The molecular weight excluding hydrogens is 337 g/mol. The van der Waals surface area contributed by atoms with Crippen molar-refractivity contribution in [2.75, 3.05) is 6.54 Å². The van der Waals surface area contributed by atoms with Gasteiger partial charge in [0.1, 0.15) is 11.9 Å². The van der Waals surface area contributed by atoms with Crippen molar-refractivity contribution in [3.8, 4) is 5.69 Å². The van der Waals surface area contributed by atoms with Crippen LogP contribution < -0.4 is 0 Å². The summed E-state index contributed by atoms with van der Waals surface area (Å²) in [4.78, 5) is 26.1. The second kappa shape index (κ2) is 6.55. The summed E-state index contributed by atoms with van der Waals surface area (Å²) in [6.07, 6.45) is 4.57. The summed E-state index contributed by atoms with van der Waals surface area (Å²) in [5.41, 5.74) is 2.91. The normalized spacial score (nSPS) is 19.4. The van der Waals surface area contributed by atoms with E-state index in [1.54, 1.807) is 16.8 Å². The lowest BCUT2D eigenvalue weighted by atomic mass is 10.0. The molecule has 2 heterocycles. The predicted molar refractivity (Wildman–Crippen MR) is 91.9 cm³/mol. The monoisotopic (exact) mass is 357 g/mol. The Balaban J connectivity index is 1.73. The van der Waals surface area contributed by atoms with Crippen molar-refractivity contribution < 1.29 is 19.1 Å². The van der Waals surface area contributed by atoms with Crippen LogP contribution in [0.15, 0.2) is 24.3 Å². The van der Waals surface area contributed by atoms with Crippen LogP contribution in [0.5, 0.6) is 0 Å². The van der Waals surface area contributed by atoms with Crippen LogP contribution in [0.1, 0.15) is 47.4 Å². The molecule has 1 saturated heterocycles. The van der Waals surface area contributed by atoms with E-state index in [0.29, 0.717) is 24.3 Å². The number of amides is 1. The van der Waals surface area contributed by atoms with Gasteiger partial charge in [0.2, 0.25) is 0 Å². The minimum Gasteiger partial charge on any atom is -0.480 e. The minimum absolute atomic E-state index is 0.309. The Morgan fingerprint density at radius 2 is 1.88 bits per heavy atom. The van der Waals surface area contributed by atoms with Crippen LogP contribution in [0.4, 0.5) is 4.39 Å². The van der Waals surface area contributed by atoms with Crippen LogP contribution in [0, 0.1) is 5.82 Å². The number of halogens is 1. The summed E-state index contributed by atoms with van der Waals surface area (Å²) in [5, 5.41) is 14.0. The Hall–Kier alpha value is -2.70. The van der Waals surface area contributed by atoms with Crippen LogP contribution in [-0.2, 0) is 17.6 Å². The Kier molecular flexibility index (Phi) is 4.22. The average molecular weight is 357 g/mol. The number of rotatable bonds is 3. The minimum atomic E-state index is -0.965. The van der Waals surface area contributed by atoms with Gasteiger partial charge in [-0.15, -0.1) is 0 Å². The summed E-state index contributed by atoms with van der Waals surface area (Å²) in [5.74, 6) is -1.60. The van der Waals surface area contributed by atoms with Crippen molar-refractivity contribution in [2.45, 2.75) is 44.6 Å². The molecule has 1 aromatic carbocycles. The number of carboxylic acid groups (broad SMARTS) is 1. The number of piperidine rings is 1. The van der Waals surface area contributed by atoms with E-state index in [4.69, 9.17) is 0 Å². The molecule has 0 saturated carbocycles. The molecule has 0 unspecified atom stereocenters. The van der Waals surface area contributed by atoms with Gasteiger partial charge in [-0.1, -0.05) is 0 Å². The lowest BCUT2D eigenvalue weighted by molar-refractivity contribution is -0.143. The average Bonchev–Trinajstić information content (AvgIpc) is 3.24. The first kappa shape index (κ1) is 16.8. The van der Waals surface area contributed by atoms with Crippen LogP contribution in [0.3, 0.4) is 0 Å². The first-order chi connectivity index (χ1) is 12.6. The molecule has 0 bridgehead atoms. The molecule has 26 heavy (non-hydrogen) atoms. The summed E-state index contributed by atoms with van der Waals surface area (Å²) in [7, 11) is 0. The number of fused-ring (bicyclic) bond motifs is 1. The van der Waals surface area contributed by atoms with E-state index in [1.165, 1.54) is 17.0 Å². The van der Waals surface area contributed by atoms with Crippen molar-refractivity contribution in [3.05, 3.63) is 47.0 Å². The predicted octanol–water partition coefficient (Wildman–Crippen LogP) is 2.58. The van der Waals surface area contributed by atoms with Gasteiger partial charge in [-0.2, -0.15) is 5.10 Å². The molecule has 1 N–H and O–H groups in total. The summed E-state index contributed by atoms with van der Waals surface area (Å²) >= 11 is 0. The highest BCUT2D eigenvalue weighted by atomic mass is 19.1. The maximum atomic E-state index is 13.2. The first-order valence-corrected chi connectivity index (χ1v) is 8.97. The lowest BCUT2D eigenvalue weighted by Gasteiger charge is -2.32. The molecule has 1 amide bonds. The summed E-state index contributed by atoms with van der Waals surface area (Å²) in [6.45, 7) is 0.438. The molecule has 6 nitrogen and oxygen atoms in total. The van der Waals surface area contributed by atoms with Gasteiger partial charge in [-0.05, 0) is 62.8 Å². The van der Waals surface area contributed by atoms with E-state index in [1.807, 2.05) is 0 Å². The van der Waals surface area contributed by atoms with Crippen LogP contribution in [-0.4, -0.2) is 44.3 Å². The number of aromatic nitrogens is 2. The highest BCUT2D eigenvalue weighted by Gasteiger charge is 2.36. The summed E-state index contributed by atoms with van der Waals surface area (Å²) < 4.78 is 14.9. The highest BCUT2D eigenvalue weighted by molar-refractivity contribution is 5.96. The SMILES string of the molecule is O=C(O)[C@H]1CCCCN1C(=O)c1nn(-c2ccc(F)cc2)c2c1CCC2. The van der Waals surface area contributed by atoms with E-state index in [0.717, 1.165) is 43.4 Å². The fourth-order valence-electron chi connectivity index (χ4n) is 3.97. The largest absolute Gasteiger partial charge is 0.480 e. The van der Waals surface area contributed by atoms with Gasteiger partial charge in [0.25, 0.3) is 5.91 Å². The number of likely N-dealkylation sites (tertiary alicyclic amines) is 1. The molecule has 1 aliphatic carbocycles. The van der Waals surface area contributed by atoms with Crippen LogP contribution in [0.25, 0.3) is 5.69 Å². The van der Waals surface area contributed by atoms with Gasteiger partial charge in [0.05, 0.1) is 5.69 Å². The maximum Gasteiger partial charge on any atom is 0.326 e. The van der Waals surface area contributed by atoms with Crippen LogP contribution in [0.2, 0.25) is 0 Å². The van der Waals surface area contributed by atoms with E-state index < -0.39 is 12.0 Å². The molecule has 2 aliphatic rings. The first-order valence-electron chi connectivity index (χ1n) is 8.97. The number of carbonyl (C=O) groups excluding carboxylic acids is 1. The van der Waals surface area contributed by atoms with Crippen LogP contribution >= 0.6 is 0 Å². The molecule has 7 heteroatoms. The molecule has 4 rings (SSSR count). The van der Waals surface area contributed by atoms with Gasteiger partial charge < -0.3 is 10.0 Å². The molecule has 2 aromatic rings. The standard InChI is InChI=1S/C19H20FN3O3/c20-12-7-9-13(10-8-12)23-15-6-3-4-14(15)17(21-23)18(24)22-11-2-1-5-16(22)19(25)26/h7-10,16H,1-6,11H2,(H,25,26)/t16-/m1/s1. The Bertz CT molecular complexity index is 860. The maximum absolute atomic E-state index is 13.2. The zero-order valence-corrected chi connectivity index (χ0v) is 14.3. The molecule has 0 radical (unpaired) electrons. The van der Waals surface area contributed by atoms with Crippen molar-refractivity contribution in [1.82, 2.24) is 14.7 Å². The number of benzene rings is 1. The number of hydrogen-bond acceptors (Lipinski definition) is 3. The second-order valence-electron chi connectivity index (χ2n) is 6.86. The number of carboxylic acids is 1. The Morgan fingerprint density at radius 3 is 2.62 bits per heavy atom. The highest BCUT2D eigenvalue weighted by Crippen LogP contribution is 2.30. The number of carbonyl (C=O) groups is 2. The zero-order chi connectivity index (χ0) is 18.3. The van der Waals surface area contributed by atoms with Crippen molar-refractivity contribution >= 4 is 11.9 Å². The number of aliphatic carboxylic acids is 1. The third-order valence-electron chi connectivity index (χ3n) is 5.25. The molecule has 136 valence electrons. The fourth-order valence-corrected chi connectivity index (χ4v) is 3.97. The van der Waals surface area contributed by atoms with Gasteiger partial charge >= 0.3 is 5.97 Å². The number of hydrogen-bond donors (Lipinski definition) is 1. The van der Waals surface area contributed by atoms with E-state index in [9.17, 15) is 19.1 Å². The topological polar surface area (TPSA) is 75.4 Å². The van der Waals surface area contributed by atoms with Gasteiger partial charge in [-0.3, -0.25) is 4.79 Å². The third-order valence-corrected chi connectivity index (χ3v) is 5.25. The van der Waals surface area contributed by atoms with Gasteiger partial charge in [-0.25, -0.2) is 13.9 Å². The molecular formula is C19H20FN3O3. The van der Waals surface area contributed by atoms with Crippen molar-refractivity contribution in [2.24, 2.45) is 0 Å². The van der Waals surface area contributed by atoms with Gasteiger partial charge in [0, 0.05) is 17.8 Å². The fraction of sp³-hybridized carbons (Fsp3) is 0.421.